The Kier molecular flexibility index (Phi) is 6.28. The van der Waals surface area contributed by atoms with Gasteiger partial charge in [0.05, 0.1) is 16.9 Å². The van der Waals surface area contributed by atoms with E-state index in [1.165, 1.54) is 0 Å². The van der Waals surface area contributed by atoms with Gasteiger partial charge in [-0.2, -0.15) is 0 Å². The van der Waals surface area contributed by atoms with Crippen LogP contribution in [-0.2, 0) is 4.79 Å². The van der Waals surface area contributed by atoms with Gasteiger partial charge in [-0.15, -0.1) is 0 Å². The van der Waals surface area contributed by atoms with Gasteiger partial charge in [0, 0.05) is 25.2 Å². The number of hydrogen-bond acceptors (Lipinski definition) is 5. The van der Waals surface area contributed by atoms with Crippen LogP contribution in [0.15, 0.2) is 42.6 Å². The Hall–Kier alpha value is -2.93. The van der Waals surface area contributed by atoms with Gasteiger partial charge in [0.1, 0.15) is 5.82 Å². The van der Waals surface area contributed by atoms with Crippen LogP contribution in [0.4, 0.5) is 17.2 Å². The summed E-state index contributed by atoms with van der Waals surface area (Å²) in [4.78, 5) is 33.2. The number of carbonyl (C=O) groups is 2. The summed E-state index contributed by atoms with van der Waals surface area (Å²) in [6, 6.07) is 12.2. The predicted molar refractivity (Wildman–Crippen MR) is 115 cm³/mol. The summed E-state index contributed by atoms with van der Waals surface area (Å²) in [5.74, 6) is 0.435. The lowest BCUT2D eigenvalue weighted by atomic mass is 10.1. The van der Waals surface area contributed by atoms with Crippen LogP contribution in [0.5, 0.6) is 0 Å². The largest absolute Gasteiger partial charge is 0.321 e. The van der Waals surface area contributed by atoms with Crippen LogP contribution in [0.3, 0.4) is 0 Å². The molecule has 7 heteroatoms. The molecular weight excluding hydrogens is 380 g/mol. The first-order valence-electron chi connectivity index (χ1n) is 10.8. The number of carbonyl (C=O) groups excluding carboxylic acids is 2. The molecule has 1 saturated carbocycles. The summed E-state index contributed by atoms with van der Waals surface area (Å²) in [7, 11) is 0. The maximum absolute atomic E-state index is 13.5. The van der Waals surface area contributed by atoms with Crippen molar-refractivity contribution in [1.29, 1.82) is 0 Å². The van der Waals surface area contributed by atoms with Crippen LogP contribution in [0, 0.1) is 0 Å². The Balaban J connectivity index is 1.47. The highest BCUT2D eigenvalue weighted by Gasteiger charge is 2.38. The molecule has 0 unspecified atom stereocenters. The van der Waals surface area contributed by atoms with E-state index < -0.39 is 0 Å². The van der Waals surface area contributed by atoms with Gasteiger partial charge in [-0.1, -0.05) is 31.4 Å². The molecule has 1 fully saturated rings. The van der Waals surface area contributed by atoms with Crippen molar-refractivity contribution in [3.8, 4) is 0 Å². The second kappa shape index (κ2) is 9.26. The molecule has 1 aromatic carbocycles. The molecule has 30 heavy (non-hydrogen) atoms. The SMILES string of the molecule is O=C(CCCCCCCN1C(=O)c2cccnc2N(C2CC2)c2ccccc21)NO. The molecule has 4 rings (SSSR count). The second-order valence-electron chi connectivity index (χ2n) is 7.97. The number of hydrogen-bond donors (Lipinski definition) is 2. The highest BCUT2D eigenvalue weighted by atomic mass is 16.5. The van der Waals surface area contributed by atoms with Crippen LogP contribution >= 0.6 is 0 Å². The van der Waals surface area contributed by atoms with E-state index >= 15 is 0 Å². The van der Waals surface area contributed by atoms with E-state index in [4.69, 9.17) is 5.21 Å². The Bertz CT molecular complexity index is 913. The summed E-state index contributed by atoms with van der Waals surface area (Å²) in [6.45, 7) is 0.653. The molecule has 7 nitrogen and oxygen atoms in total. The van der Waals surface area contributed by atoms with Gasteiger partial charge in [0.15, 0.2) is 0 Å². The third-order valence-electron chi connectivity index (χ3n) is 5.74. The standard InChI is InChI=1S/C23H28N4O3/c28-21(25-30)12-4-2-1-3-7-16-26-19-10-5-6-11-20(19)27(17-13-14-17)22-18(23(26)29)9-8-15-24-22/h5-6,8-11,15,17,30H,1-4,7,12-14,16H2,(H,25,28). The lowest BCUT2D eigenvalue weighted by Gasteiger charge is -2.26. The Morgan fingerprint density at radius 1 is 1.03 bits per heavy atom. The molecule has 0 bridgehead atoms. The monoisotopic (exact) mass is 408 g/mol. The summed E-state index contributed by atoms with van der Waals surface area (Å²) in [5, 5.41) is 8.53. The fourth-order valence-electron chi connectivity index (χ4n) is 4.09. The zero-order valence-electron chi connectivity index (χ0n) is 17.1. The molecule has 1 aromatic heterocycles. The minimum atomic E-state index is -0.339. The maximum atomic E-state index is 13.5. The number of anilines is 3. The van der Waals surface area contributed by atoms with Crippen molar-refractivity contribution in [1.82, 2.24) is 10.5 Å². The number of aromatic nitrogens is 1. The number of pyridine rings is 1. The lowest BCUT2D eigenvalue weighted by Crippen LogP contribution is -2.31. The quantitative estimate of drug-likeness (QED) is 0.369. The summed E-state index contributed by atoms with van der Waals surface area (Å²) in [6.07, 6.45) is 8.90. The van der Waals surface area contributed by atoms with Gasteiger partial charge in [-0.05, 0) is 49.9 Å². The van der Waals surface area contributed by atoms with Crippen LogP contribution in [0.1, 0.15) is 61.7 Å². The highest BCUT2D eigenvalue weighted by molar-refractivity contribution is 6.13. The summed E-state index contributed by atoms with van der Waals surface area (Å²) < 4.78 is 0. The maximum Gasteiger partial charge on any atom is 0.262 e. The summed E-state index contributed by atoms with van der Waals surface area (Å²) >= 11 is 0. The normalized spacial score (nSPS) is 15.4. The topological polar surface area (TPSA) is 85.8 Å². The van der Waals surface area contributed by atoms with Crippen molar-refractivity contribution >= 4 is 29.0 Å². The molecule has 0 spiro atoms. The van der Waals surface area contributed by atoms with Crippen molar-refractivity contribution in [2.45, 2.75) is 57.4 Å². The van der Waals surface area contributed by atoms with Gasteiger partial charge >= 0.3 is 0 Å². The first kappa shape index (κ1) is 20.3. The Labute approximate surface area is 176 Å². The van der Waals surface area contributed by atoms with Gasteiger partial charge in [0.25, 0.3) is 5.91 Å². The van der Waals surface area contributed by atoms with Gasteiger partial charge in [-0.3, -0.25) is 14.8 Å². The van der Waals surface area contributed by atoms with Gasteiger partial charge in [0.2, 0.25) is 5.91 Å². The number of benzene rings is 1. The minimum Gasteiger partial charge on any atom is -0.321 e. The van der Waals surface area contributed by atoms with Crippen LogP contribution in [0.25, 0.3) is 0 Å². The molecule has 1 aliphatic heterocycles. The molecule has 0 radical (unpaired) electrons. The average Bonchev–Trinajstić information content (AvgIpc) is 3.61. The van der Waals surface area contributed by atoms with E-state index in [2.05, 4.69) is 16.0 Å². The number of nitrogens with one attached hydrogen (secondary N) is 1. The molecule has 1 aliphatic carbocycles. The Morgan fingerprint density at radius 3 is 2.53 bits per heavy atom. The molecule has 0 saturated heterocycles. The predicted octanol–water partition coefficient (Wildman–Crippen LogP) is 4.19. The number of nitrogens with zero attached hydrogens (tertiary/aromatic N) is 3. The van der Waals surface area contributed by atoms with Gasteiger partial charge < -0.3 is 9.80 Å². The van der Waals surface area contributed by atoms with Crippen molar-refractivity contribution in [3.63, 3.8) is 0 Å². The highest BCUT2D eigenvalue weighted by Crippen LogP contribution is 2.45. The fraction of sp³-hybridized carbons (Fsp3) is 0.435. The van der Waals surface area contributed by atoms with Crippen LogP contribution in [-0.4, -0.2) is 34.6 Å². The smallest absolute Gasteiger partial charge is 0.262 e. The molecule has 2 N–H and O–H groups in total. The Morgan fingerprint density at radius 2 is 1.77 bits per heavy atom. The van der Waals surface area contributed by atoms with Gasteiger partial charge in [-0.25, -0.2) is 10.5 Å². The first-order chi connectivity index (χ1) is 14.7. The summed E-state index contributed by atoms with van der Waals surface area (Å²) in [5.41, 5.74) is 4.33. The van der Waals surface area contributed by atoms with Crippen LogP contribution in [0.2, 0.25) is 0 Å². The fourth-order valence-corrected chi connectivity index (χ4v) is 4.09. The average molecular weight is 409 g/mol. The minimum absolute atomic E-state index is 0.00770. The molecule has 158 valence electrons. The molecule has 2 aromatic rings. The zero-order valence-corrected chi connectivity index (χ0v) is 17.1. The van der Waals surface area contributed by atoms with Crippen molar-refractivity contribution in [2.24, 2.45) is 0 Å². The second-order valence-corrected chi connectivity index (χ2v) is 7.97. The number of rotatable bonds is 9. The number of unbranched alkanes of at least 4 members (excludes halogenated alkanes) is 4. The van der Waals surface area contributed by atoms with Crippen molar-refractivity contribution in [2.75, 3.05) is 16.3 Å². The van der Waals surface area contributed by atoms with Crippen molar-refractivity contribution < 1.29 is 14.8 Å². The number of amides is 2. The third kappa shape index (κ3) is 4.31. The van der Waals surface area contributed by atoms with E-state index in [9.17, 15) is 9.59 Å². The number of hydroxylamine groups is 1. The lowest BCUT2D eigenvalue weighted by molar-refractivity contribution is -0.129. The number of para-hydroxylation sites is 2. The number of fused-ring (bicyclic) bond motifs is 2. The zero-order chi connectivity index (χ0) is 20.9. The van der Waals surface area contributed by atoms with E-state index in [1.807, 2.05) is 35.2 Å². The molecular formula is C23H28N4O3. The van der Waals surface area contributed by atoms with Crippen molar-refractivity contribution in [3.05, 3.63) is 48.2 Å². The molecule has 2 amide bonds. The van der Waals surface area contributed by atoms with E-state index in [1.54, 1.807) is 11.7 Å². The van der Waals surface area contributed by atoms with E-state index in [0.717, 1.165) is 62.1 Å². The molecule has 2 heterocycles. The third-order valence-corrected chi connectivity index (χ3v) is 5.74. The van der Waals surface area contributed by atoms with E-state index in [-0.39, 0.29) is 11.8 Å². The first-order valence-corrected chi connectivity index (χ1v) is 10.8. The molecule has 2 aliphatic rings. The van der Waals surface area contributed by atoms with Crippen LogP contribution < -0.4 is 15.3 Å². The van der Waals surface area contributed by atoms with E-state index in [0.29, 0.717) is 24.6 Å². The molecule has 0 atom stereocenters.